The number of nitrogens with zero attached hydrogens (tertiary/aromatic N) is 1. The number of aliphatic imine (C=N–C) groups is 1. The van der Waals surface area contributed by atoms with E-state index < -0.39 is 0 Å². The van der Waals surface area contributed by atoms with E-state index in [2.05, 4.69) is 4.99 Å². The molecular formula is C5H7FeN3. The average molecular weight is 165 g/mol. The summed E-state index contributed by atoms with van der Waals surface area (Å²) in [6.07, 6.45) is 4.14. The van der Waals surface area contributed by atoms with Crippen molar-refractivity contribution in [2.75, 3.05) is 0 Å². The molecule has 0 spiro atoms. The van der Waals surface area contributed by atoms with Crippen molar-refractivity contribution >= 4 is 11.7 Å². The first-order chi connectivity index (χ1) is 3.79. The molecule has 0 fully saturated rings. The average Bonchev–Trinajstić information content (AvgIpc) is 1.64. The minimum atomic E-state index is 0. The van der Waals surface area contributed by atoms with Crippen LogP contribution in [-0.4, -0.2) is 11.7 Å². The van der Waals surface area contributed by atoms with Gasteiger partial charge in [0.2, 0.25) is 0 Å². The predicted octanol–water partition coefficient (Wildman–Crippen LogP) is 0.278. The van der Waals surface area contributed by atoms with E-state index in [0.29, 0.717) is 12.3 Å². The smallest absolute Gasteiger partial charge is 0.146 e. The van der Waals surface area contributed by atoms with Crippen molar-refractivity contribution < 1.29 is 17.1 Å². The fourth-order valence-electron chi connectivity index (χ4n) is 0.529. The predicted molar refractivity (Wildman–Crippen MR) is 33.1 cm³/mol. The number of nitrogens with one attached hydrogen (secondary N) is 1. The van der Waals surface area contributed by atoms with E-state index in [1.165, 1.54) is 0 Å². The number of rotatable bonds is 0. The van der Waals surface area contributed by atoms with Gasteiger partial charge in [-0.1, -0.05) is 6.08 Å². The molecule has 0 aromatic rings. The zero-order valence-electron chi connectivity index (χ0n) is 4.74. The quantitative estimate of drug-likeness (QED) is 0.497. The molecule has 0 saturated heterocycles. The zero-order valence-corrected chi connectivity index (χ0v) is 5.84. The van der Waals surface area contributed by atoms with Crippen LogP contribution in [0.4, 0.5) is 0 Å². The summed E-state index contributed by atoms with van der Waals surface area (Å²) in [5.74, 6) is 0.770. The maximum Gasteiger partial charge on any atom is 0.146 e. The van der Waals surface area contributed by atoms with E-state index in [4.69, 9.17) is 11.1 Å². The number of hydrogen-bond donors (Lipinski definition) is 2. The Bertz CT molecular complexity index is 171. The SMILES string of the molecule is N=C1C=CCC(N)=N1.[Fe]. The van der Waals surface area contributed by atoms with Crippen molar-refractivity contribution in [2.24, 2.45) is 10.7 Å². The summed E-state index contributed by atoms with van der Waals surface area (Å²) in [5, 5.41) is 6.96. The molecule has 0 radical (unpaired) electrons. The molecule has 0 amide bonds. The molecule has 1 aliphatic rings. The molecule has 3 nitrogen and oxygen atoms in total. The first kappa shape index (κ1) is 8.40. The Morgan fingerprint density at radius 3 is 2.67 bits per heavy atom. The Balaban J connectivity index is 0.000000640. The van der Waals surface area contributed by atoms with Gasteiger partial charge in [0, 0.05) is 23.5 Å². The van der Waals surface area contributed by atoms with Crippen molar-refractivity contribution in [3.63, 3.8) is 0 Å². The van der Waals surface area contributed by atoms with E-state index in [1.54, 1.807) is 6.08 Å². The second kappa shape index (κ2) is 3.43. The van der Waals surface area contributed by atoms with Crippen LogP contribution < -0.4 is 5.73 Å². The molecule has 0 bridgehead atoms. The van der Waals surface area contributed by atoms with E-state index in [1.807, 2.05) is 6.08 Å². The third kappa shape index (κ3) is 2.44. The molecule has 1 aliphatic heterocycles. The normalized spacial score (nSPS) is 16.4. The van der Waals surface area contributed by atoms with Crippen LogP contribution in [0.15, 0.2) is 17.1 Å². The van der Waals surface area contributed by atoms with Crippen molar-refractivity contribution in [3.8, 4) is 0 Å². The molecule has 0 aromatic heterocycles. The first-order valence-electron chi connectivity index (χ1n) is 2.37. The molecule has 0 unspecified atom stereocenters. The minimum Gasteiger partial charge on any atom is -0.387 e. The monoisotopic (exact) mass is 165 g/mol. The summed E-state index contributed by atoms with van der Waals surface area (Å²) in [4.78, 5) is 3.67. The number of hydrogen-bond acceptors (Lipinski definition) is 2. The number of dihydropyridines is 1. The van der Waals surface area contributed by atoms with Gasteiger partial charge in [-0.05, 0) is 6.08 Å². The number of nitrogens with two attached hydrogens (primary N) is 1. The molecule has 0 atom stereocenters. The third-order valence-corrected chi connectivity index (χ3v) is 0.867. The standard InChI is InChI=1S/C5H7N3.Fe/c6-4-2-1-3-5(7)8-4;/h1-2H,3H2,(H3,6,7,8);. The summed E-state index contributed by atoms with van der Waals surface area (Å²) >= 11 is 0. The Morgan fingerprint density at radius 2 is 2.33 bits per heavy atom. The fourth-order valence-corrected chi connectivity index (χ4v) is 0.529. The van der Waals surface area contributed by atoms with Crippen molar-refractivity contribution in [1.29, 1.82) is 5.41 Å². The fraction of sp³-hybridized carbons (Fsp3) is 0.200. The van der Waals surface area contributed by atoms with E-state index in [9.17, 15) is 0 Å². The first-order valence-corrected chi connectivity index (χ1v) is 2.37. The molecule has 0 aliphatic carbocycles. The Hall–Kier alpha value is -0.601. The van der Waals surface area contributed by atoms with Gasteiger partial charge in [-0.25, -0.2) is 4.99 Å². The van der Waals surface area contributed by atoms with Crippen LogP contribution in [0, 0.1) is 5.41 Å². The molecule has 4 heteroatoms. The maximum absolute atomic E-state index is 6.96. The van der Waals surface area contributed by atoms with Crippen LogP contribution in [0.1, 0.15) is 6.42 Å². The summed E-state index contributed by atoms with van der Waals surface area (Å²) in [6, 6.07) is 0. The Kier molecular flexibility index (Phi) is 3.20. The van der Waals surface area contributed by atoms with E-state index in [0.717, 1.165) is 0 Å². The third-order valence-electron chi connectivity index (χ3n) is 0.867. The van der Waals surface area contributed by atoms with Gasteiger partial charge in [-0.15, -0.1) is 0 Å². The Labute approximate surface area is 64.0 Å². The van der Waals surface area contributed by atoms with Gasteiger partial charge in [-0.2, -0.15) is 0 Å². The van der Waals surface area contributed by atoms with E-state index >= 15 is 0 Å². The van der Waals surface area contributed by atoms with Crippen LogP contribution >= 0.6 is 0 Å². The summed E-state index contributed by atoms with van der Waals surface area (Å²) in [6.45, 7) is 0. The molecule has 50 valence electrons. The van der Waals surface area contributed by atoms with Gasteiger partial charge in [0.15, 0.2) is 0 Å². The van der Waals surface area contributed by atoms with Gasteiger partial charge in [0.05, 0.1) is 0 Å². The minimum absolute atomic E-state index is 0. The summed E-state index contributed by atoms with van der Waals surface area (Å²) in [7, 11) is 0. The largest absolute Gasteiger partial charge is 0.387 e. The van der Waals surface area contributed by atoms with Crippen LogP contribution in [0.2, 0.25) is 0 Å². The topological polar surface area (TPSA) is 62.2 Å². The van der Waals surface area contributed by atoms with Crippen LogP contribution in [-0.2, 0) is 17.1 Å². The molecule has 0 saturated carbocycles. The van der Waals surface area contributed by atoms with Gasteiger partial charge >= 0.3 is 0 Å². The second-order valence-corrected chi connectivity index (χ2v) is 1.59. The van der Waals surface area contributed by atoms with Gasteiger partial charge in [-0.3, -0.25) is 5.41 Å². The molecule has 3 N–H and O–H groups in total. The van der Waals surface area contributed by atoms with Gasteiger partial charge < -0.3 is 5.73 Å². The molecule has 1 rings (SSSR count). The molecule has 0 aromatic carbocycles. The van der Waals surface area contributed by atoms with E-state index in [-0.39, 0.29) is 22.9 Å². The van der Waals surface area contributed by atoms with Crippen LogP contribution in [0.3, 0.4) is 0 Å². The second-order valence-electron chi connectivity index (χ2n) is 1.59. The van der Waals surface area contributed by atoms with Gasteiger partial charge in [0.25, 0.3) is 0 Å². The zero-order chi connectivity index (χ0) is 5.98. The molecule has 1 heterocycles. The van der Waals surface area contributed by atoms with Crippen molar-refractivity contribution in [2.45, 2.75) is 6.42 Å². The maximum atomic E-state index is 6.96. The molecular weight excluding hydrogens is 158 g/mol. The van der Waals surface area contributed by atoms with Crippen LogP contribution in [0.5, 0.6) is 0 Å². The van der Waals surface area contributed by atoms with Crippen molar-refractivity contribution in [3.05, 3.63) is 12.2 Å². The summed E-state index contributed by atoms with van der Waals surface area (Å²) < 4.78 is 0. The number of amidine groups is 2. The van der Waals surface area contributed by atoms with Gasteiger partial charge in [0.1, 0.15) is 11.7 Å². The molecule has 9 heavy (non-hydrogen) atoms. The Morgan fingerprint density at radius 1 is 1.67 bits per heavy atom. The summed E-state index contributed by atoms with van der Waals surface area (Å²) in [5.41, 5.74) is 5.28. The van der Waals surface area contributed by atoms with Crippen molar-refractivity contribution in [1.82, 2.24) is 0 Å². The van der Waals surface area contributed by atoms with Crippen LogP contribution in [0.25, 0.3) is 0 Å².